The van der Waals surface area contributed by atoms with E-state index >= 15 is 0 Å². The van der Waals surface area contributed by atoms with Crippen LogP contribution in [-0.2, 0) is 26.3 Å². The molecule has 2 aliphatic heterocycles. The smallest absolute Gasteiger partial charge is 0.264 e. The quantitative estimate of drug-likeness (QED) is 0.156. The molecule has 0 aromatic heterocycles. The molecule has 4 aliphatic rings. The van der Waals surface area contributed by atoms with Crippen LogP contribution in [0.1, 0.15) is 81.3 Å². The minimum absolute atomic E-state index is 0.0195. The summed E-state index contributed by atoms with van der Waals surface area (Å²) in [4.78, 5) is 16.3. The first-order chi connectivity index (χ1) is 28.2. The highest BCUT2D eigenvalue weighted by atomic mass is 35.5. The van der Waals surface area contributed by atoms with Gasteiger partial charge in [-0.05, 0) is 114 Å². The molecule has 2 heterocycles. The number of amides is 1. The van der Waals surface area contributed by atoms with E-state index in [1.165, 1.54) is 11.1 Å². The number of rotatable bonds is 5. The Kier molecular flexibility index (Phi) is 11.7. The molecule has 1 spiro atoms. The lowest BCUT2D eigenvalue weighted by atomic mass is 9.68. The lowest BCUT2D eigenvalue weighted by Gasteiger charge is -2.45. The maximum absolute atomic E-state index is 14.0. The molecule has 1 amide bonds. The third-order valence-corrected chi connectivity index (χ3v) is 20.5. The summed E-state index contributed by atoms with van der Waals surface area (Å²) < 4.78 is 44.4. The molecule has 59 heavy (non-hydrogen) atoms. The number of fused-ring (bicyclic) bond motifs is 4. The van der Waals surface area contributed by atoms with Crippen LogP contribution in [0.15, 0.2) is 109 Å². The Morgan fingerprint density at radius 2 is 1.68 bits per heavy atom. The zero-order valence-corrected chi connectivity index (χ0v) is 37.1. The van der Waals surface area contributed by atoms with Crippen molar-refractivity contribution >= 4 is 51.9 Å². The Bertz CT molecular complexity index is 2260. The molecule has 11 heteroatoms. The molecule has 2 aliphatic carbocycles. The number of sulfonamides is 1. The van der Waals surface area contributed by atoms with E-state index in [2.05, 4.69) is 66.8 Å². The lowest BCUT2D eigenvalue weighted by Crippen LogP contribution is -2.66. The van der Waals surface area contributed by atoms with E-state index in [1.54, 1.807) is 25.1 Å². The van der Waals surface area contributed by atoms with Crippen molar-refractivity contribution < 1.29 is 27.5 Å². The number of halogens is 1. The number of nitrogens with zero attached hydrogens (tertiary/aromatic N) is 1. The lowest BCUT2D eigenvalue weighted by molar-refractivity contribution is 0.0453. The Labute approximate surface area is 356 Å². The molecule has 8 nitrogen and oxygen atoms in total. The molecule has 0 radical (unpaired) electrons. The second-order valence-electron chi connectivity index (χ2n) is 18.4. The predicted molar refractivity (Wildman–Crippen MR) is 239 cm³/mol. The largest absolute Gasteiger partial charge is 0.490 e. The van der Waals surface area contributed by atoms with Crippen LogP contribution in [0.4, 0.5) is 5.69 Å². The summed E-state index contributed by atoms with van der Waals surface area (Å²) >= 11 is 6.48. The average Bonchev–Trinajstić information content (AvgIpc) is 3.35. The van der Waals surface area contributed by atoms with Crippen molar-refractivity contribution in [1.82, 2.24) is 4.72 Å². The third-order valence-electron chi connectivity index (χ3n) is 13.6. The zero-order valence-electron chi connectivity index (χ0n) is 34.6. The molecule has 0 saturated heterocycles. The van der Waals surface area contributed by atoms with Gasteiger partial charge in [-0.2, -0.15) is 0 Å². The molecule has 2 bridgehead atoms. The van der Waals surface area contributed by atoms with Crippen molar-refractivity contribution in [3.8, 4) is 5.75 Å². The molecule has 2 N–H and O–H groups in total. The predicted octanol–water partition coefficient (Wildman–Crippen LogP) is 7.80. The number of carbonyl (C=O) groups excluding carboxylic acids is 1. The van der Waals surface area contributed by atoms with Crippen LogP contribution >= 0.6 is 11.6 Å². The summed E-state index contributed by atoms with van der Waals surface area (Å²) in [7, 11) is -7.08. The summed E-state index contributed by atoms with van der Waals surface area (Å²) in [5.41, 5.74) is 3.19. The van der Waals surface area contributed by atoms with Gasteiger partial charge in [-0.1, -0.05) is 111 Å². The first kappa shape index (κ1) is 41.8. The molecule has 1 fully saturated rings. The maximum Gasteiger partial charge on any atom is 0.264 e. The number of nitrogens with one attached hydrogen (secondary N) is 1. The van der Waals surface area contributed by atoms with Crippen LogP contribution in [-0.4, -0.2) is 65.4 Å². The van der Waals surface area contributed by atoms with Gasteiger partial charge in [0, 0.05) is 41.6 Å². The number of aliphatic hydroxyl groups is 1. The van der Waals surface area contributed by atoms with Crippen LogP contribution in [0.5, 0.6) is 5.75 Å². The normalized spacial score (nSPS) is 27.6. The Morgan fingerprint density at radius 1 is 0.966 bits per heavy atom. The van der Waals surface area contributed by atoms with Crippen molar-refractivity contribution in [3.63, 3.8) is 0 Å². The van der Waals surface area contributed by atoms with Gasteiger partial charge >= 0.3 is 0 Å². The molecule has 8 rings (SSSR count). The number of aryl methyl sites for hydroxylation is 1. The van der Waals surface area contributed by atoms with E-state index in [4.69, 9.17) is 20.8 Å². The monoisotopic (exact) mass is 852 g/mol. The topological polar surface area (TPSA) is 105 Å². The van der Waals surface area contributed by atoms with Gasteiger partial charge in [-0.25, -0.2) is 13.1 Å². The third kappa shape index (κ3) is 8.15. The van der Waals surface area contributed by atoms with Gasteiger partial charge in [0.05, 0.1) is 23.6 Å². The van der Waals surface area contributed by atoms with Crippen LogP contribution in [0.3, 0.4) is 0 Å². The van der Waals surface area contributed by atoms with Gasteiger partial charge in [0.15, 0.2) is 0 Å². The molecule has 6 atom stereocenters. The molecular weight excluding hydrogens is 796 g/mol. The number of hydrogen-bond donors (Lipinski definition) is 2. The SMILES string of the molecule is C[C@@H]1C[C@H](CO[Si](c2ccccc2)(c2ccccc2)C(C)(C)C)/C=C\[C@H](O)[C@@H]2CC[C@H]2CN2C[C@@]3(CCCc4cc(Cl)ccc43)COc3ccc(cc32)C(=O)NS1(=O)=O. The van der Waals surface area contributed by atoms with Crippen molar-refractivity contribution in [2.75, 3.05) is 31.2 Å². The fourth-order valence-electron chi connectivity index (χ4n) is 10.3. The average molecular weight is 854 g/mol. The molecule has 1 saturated carbocycles. The van der Waals surface area contributed by atoms with Crippen LogP contribution < -0.4 is 24.7 Å². The van der Waals surface area contributed by atoms with Gasteiger partial charge in [0.2, 0.25) is 10.0 Å². The molecule has 4 aromatic rings. The summed E-state index contributed by atoms with van der Waals surface area (Å²) in [6, 6.07) is 32.2. The van der Waals surface area contributed by atoms with Crippen molar-refractivity contribution in [3.05, 3.63) is 131 Å². The second kappa shape index (κ2) is 16.5. The van der Waals surface area contributed by atoms with E-state index in [1.807, 2.05) is 54.6 Å². The first-order valence-corrected chi connectivity index (χ1v) is 25.0. The Balaban J connectivity index is 1.15. The van der Waals surface area contributed by atoms with Gasteiger partial charge in [0.25, 0.3) is 14.2 Å². The number of aliphatic hydroxyl groups excluding tert-OH is 1. The van der Waals surface area contributed by atoms with Crippen LogP contribution in [0, 0.1) is 17.8 Å². The number of carbonyl (C=O) groups is 1. The van der Waals surface area contributed by atoms with Crippen molar-refractivity contribution in [1.29, 1.82) is 0 Å². The molecular formula is C48H57ClN2O6SSi. The minimum Gasteiger partial charge on any atom is -0.490 e. The van der Waals surface area contributed by atoms with Crippen molar-refractivity contribution in [2.45, 2.75) is 88.0 Å². The van der Waals surface area contributed by atoms with E-state index in [-0.39, 0.29) is 46.8 Å². The van der Waals surface area contributed by atoms with Gasteiger partial charge in [-0.3, -0.25) is 4.79 Å². The van der Waals surface area contributed by atoms with E-state index < -0.39 is 35.6 Å². The van der Waals surface area contributed by atoms with E-state index in [0.29, 0.717) is 25.4 Å². The standard InChI is InChI=1S/C48H57ClN2O6SSi/c1-33-26-34(30-57-59(47(2,3)4,39-13-7-5-8-14-39)40-15-9-6-10-16-40)17-23-44(52)41-21-18-37(41)29-51-31-48(25-11-12-35-27-38(49)20-22-42(35)48)32-56-45-24-19-36(28-43(45)51)46(53)50-58(33,54)55/h5-10,13-17,19-20,22-24,27-28,33-34,37,41,44,52H,11-12,18,21,25-26,29-32H2,1-4H3,(H,50,53)/b23-17-/t33-,34-,37+,41-,44+,48+/m1/s1. The van der Waals surface area contributed by atoms with Crippen LogP contribution in [0.2, 0.25) is 10.1 Å². The highest BCUT2D eigenvalue weighted by Crippen LogP contribution is 2.47. The Hall–Kier alpha value is -3.93. The van der Waals surface area contributed by atoms with Crippen LogP contribution in [0.25, 0.3) is 0 Å². The maximum atomic E-state index is 14.0. The molecule has 0 unspecified atom stereocenters. The Morgan fingerprint density at radius 3 is 2.34 bits per heavy atom. The highest BCUT2D eigenvalue weighted by Gasteiger charge is 2.51. The molecule has 312 valence electrons. The first-order valence-electron chi connectivity index (χ1n) is 21.2. The number of ether oxygens (including phenoxy) is 1. The van der Waals surface area contributed by atoms with E-state index in [0.717, 1.165) is 53.2 Å². The van der Waals surface area contributed by atoms with E-state index in [9.17, 15) is 18.3 Å². The fourth-order valence-corrected chi connectivity index (χ4v) is 16.2. The number of hydrogen-bond acceptors (Lipinski definition) is 7. The van der Waals surface area contributed by atoms with Gasteiger partial charge in [0.1, 0.15) is 5.75 Å². The highest BCUT2D eigenvalue weighted by molar-refractivity contribution is 7.90. The number of anilines is 1. The summed E-state index contributed by atoms with van der Waals surface area (Å²) in [6.07, 6.45) is 8.07. The fraction of sp³-hybridized carbons (Fsp3) is 0.438. The summed E-state index contributed by atoms with van der Waals surface area (Å²) in [5, 5.41) is 13.7. The van der Waals surface area contributed by atoms with Crippen molar-refractivity contribution in [2.24, 2.45) is 17.8 Å². The van der Waals surface area contributed by atoms with Gasteiger partial charge in [-0.15, -0.1) is 0 Å². The summed E-state index contributed by atoms with van der Waals surface area (Å²) in [5.74, 6) is -0.158. The number of benzene rings is 4. The molecule has 4 aromatic carbocycles. The zero-order chi connectivity index (χ0) is 41.6. The van der Waals surface area contributed by atoms with Gasteiger partial charge < -0.3 is 19.2 Å². The summed E-state index contributed by atoms with van der Waals surface area (Å²) in [6.45, 7) is 10.3. The minimum atomic E-state index is -4.12. The second-order valence-corrected chi connectivity index (χ2v) is 25.3.